The molecule has 0 aliphatic heterocycles. The van der Waals surface area contributed by atoms with E-state index < -0.39 is 10.0 Å². The fraction of sp³-hybridized carbons (Fsp3) is 0.174. The Bertz CT molecular complexity index is 1740. The number of nitrogens with zero attached hydrogens (tertiary/aromatic N) is 2. The van der Waals surface area contributed by atoms with Crippen molar-refractivity contribution >= 4 is 60.1 Å². The molecule has 0 unspecified atom stereocenters. The fourth-order valence-electron chi connectivity index (χ4n) is 3.55. The lowest BCUT2D eigenvalue weighted by molar-refractivity contribution is 0.417. The van der Waals surface area contributed by atoms with Gasteiger partial charge in [0.25, 0.3) is 20.8 Å². The normalized spacial score (nSPS) is 11.9. The predicted octanol–water partition coefficient (Wildman–Crippen LogP) is 4.84. The van der Waals surface area contributed by atoms with Gasteiger partial charge in [-0.2, -0.15) is 0 Å². The highest BCUT2D eigenvalue weighted by Crippen LogP contribution is 2.30. The average Bonchev–Trinajstić information content (AvgIpc) is 3.37. The summed E-state index contributed by atoms with van der Waals surface area (Å²) >= 11 is 2.75. The highest BCUT2D eigenvalue weighted by molar-refractivity contribution is 7.98. The third-order valence-electron chi connectivity index (χ3n) is 5.42. The van der Waals surface area contributed by atoms with Gasteiger partial charge in [-0.3, -0.25) is 9.52 Å². The Labute approximate surface area is 208 Å². The number of rotatable bonds is 7. The van der Waals surface area contributed by atoms with Crippen molar-refractivity contribution in [3.8, 4) is 5.75 Å². The van der Waals surface area contributed by atoms with E-state index in [0.29, 0.717) is 49.6 Å². The van der Waals surface area contributed by atoms with E-state index in [2.05, 4.69) is 19.7 Å². The number of para-hydroxylation sites is 2. The first-order valence-electron chi connectivity index (χ1n) is 10.4. The number of hydrogen-bond donors (Lipinski definition) is 2. The zero-order valence-corrected chi connectivity index (χ0v) is 21.4. The second-order valence-corrected chi connectivity index (χ2v) is 11.5. The van der Waals surface area contributed by atoms with Gasteiger partial charge >= 0.3 is 0 Å². The van der Waals surface area contributed by atoms with Crippen LogP contribution in [0.5, 0.6) is 5.75 Å². The third kappa shape index (κ3) is 4.51. The Morgan fingerprint density at radius 2 is 1.97 bits per heavy atom. The lowest BCUT2D eigenvalue weighted by Crippen LogP contribution is -2.13. The summed E-state index contributed by atoms with van der Waals surface area (Å²) in [6.45, 7) is 3.88. The third-order valence-corrected chi connectivity index (χ3v) is 8.73. The number of hydrogen-bond acceptors (Lipinski definition) is 9. The summed E-state index contributed by atoms with van der Waals surface area (Å²) in [5, 5.41) is 0.965. The minimum Gasteiger partial charge on any atom is -0.495 e. The van der Waals surface area contributed by atoms with Crippen molar-refractivity contribution in [2.75, 3.05) is 11.8 Å². The van der Waals surface area contributed by atoms with Gasteiger partial charge in [0.2, 0.25) is 0 Å². The molecule has 180 valence electrons. The molecule has 9 nitrogen and oxygen atoms in total. The van der Waals surface area contributed by atoms with E-state index in [-0.39, 0.29) is 10.5 Å². The zero-order valence-electron chi connectivity index (χ0n) is 18.9. The molecule has 0 fully saturated rings. The zero-order chi connectivity index (χ0) is 24.7. The van der Waals surface area contributed by atoms with Gasteiger partial charge in [0.1, 0.15) is 21.9 Å². The van der Waals surface area contributed by atoms with Crippen molar-refractivity contribution in [1.29, 1.82) is 0 Å². The summed E-state index contributed by atoms with van der Waals surface area (Å²) in [4.78, 5) is 26.1. The monoisotopic (exact) mass is 528 g/mol. The van der Waals surface area contributed by atoms with Gasteiger partial charge in [0.15, 0.2) is 5.58 Å². The first-order valence-corrected chi connectivity index (χ1v) is 13.7. The van der Waals surface area contributed by atoms with E-state index in [0.717, 1.165) is 10.4 Å². The Morgan fingerprint density at radius 1 is 1.17 bits per heavy atom. The minimum absolute atomic E-state index is 0.0423. The van der Waals surface area contributed by atoms with Crippen LogP contribution in [-0.4, -0.2) is 30.5 Å². The fourth-order valence-corrected chi connectivity index (χ4v) is 6.39. The van der Waals surface area contributed by atoms with Crippen LogP contribution in [0.25, 0.3) is 21.3 Å². The second kappa shape index (κ2) is 9.02. The van der Waals surface area contributed by atoms with E-state index in [4.69, 9.17) is 9.15 Å². The Morgan fingerprint density at radius 3 is 2.77 bits per heavy atom. The van der Waals surface area contributed by atoms with Gasteiger partial charge < -0.3 is 14.1 Å². The van der Waals surface area contributed by atoms with E-state index in [9.17, 15) is 13.2 Å². The SMILES string of the molecule is COc1ccccc1NS(=O)(=O)c1ccc2oc(SCc3nc4sc(C)c(C)c4c(=O)[nH]3)nc2c1. The average molecular weight is 529 g/mol. The number of aromatic nitrogens is 3. The summed E-state index contributed by atoms with van der Waals surface area (Å²) in [6.07, 6.45) is 0. The quantitative estimate of drug-likeness (QED) is 0.287. The highest BCUT2D eigenvalue weighted by Gasteiger charge is 2.19. The summed E-state index contributed by atoms with van der Waals surface area (Å²) in [5.41, 5.74) is 1.97. The molecule has 5 rings (SSSR count). The van der Waals surface area contributed by atoms with E-state index >= 15 is 0 Å². The first kappa shape index (κ1) is 23.4. The van der Waals surface area contributed by atoms with Crippen LogP contribution in [0.2, 0.25) is 0 Å². The lowest BCUT2D eigenvalue weighted by atomic mass is 10.2. The molecule has 3 aromatic heterocycles. The maximum Gasteiger partial charge on any atom is 0.262 e. The number of nitrogens with one attached hydrogen (secondary N) is 2. The molecular formula is C23H20N4O5S3. The molecular weight excluding hydrogens is 508 g/mol. The molecule has 0 bridgehead atoms. The molecule has 3 heterocycles. The predicted molar refractivity (Wildman–Crippen MR) is 137 cm³/mol. The highest BCUT2D eigenvalue weighted by atomic mass is 32.2. The number of aromatic amines is 1. The number of benzene rings is 2. The van der Waals surface area contributed by atoms with Crippen molar-refractivity contribution in [2.45, 2.75) is 29.7 Å². The van der Waals surface area contributed by atoms with E-state index in [1.54, 1.807) is 30.3 Å². The second-order valence-electron chi connectivity index (χ2n) is 7.68. The topological polar surface area (TPSA) is 127 Å². The van der Waals surface area contributed by atoms with E-state index in [1.807, 2.05) is 13.8 Å². The molecule has 0 aliphatic carbocycles. The van der Waals surface area contributed by atoms with Crippen molar-refractivity contribution in [3.63, 3.8) is 0 Å². The molecule has 0 atom stereocenters. The lowest BCUT2D eigenvalue weighted by Gasteiger charge is -2.11. The number of oxazole rings is 1. The minimum atomic E-state index is -3.88. The number of fused-ring (bicyclic) bond motifs is 2. The molecule has 0 radical (unpaired) electrons. The summed E-state index contributed by atoms with van der Waals surface area (Å²) in [5.74, 6) is 1.27. The molecule has 0 amide bonds. The van der Waals surface area contributed by atoms with Crippen LogP contribution in [-0.2, 0) is 15.8 Å². The number of sulfonamides is 1. The molecule has 2 aromatic carbocycles. The Hall–Kier alpha value is -3.35. The number of ether oxygens (including phenoxy) is 1. The van der Waals surface area contributed by atoms with Gasteiger partial charge in [-0.1, -0.05) is 23.9 Å². The van der Waals surface area contributed by atoms with Crippen molar-refractivity contribution in [1.82, 2.24) is 15.0 Å². The molecule has 0 saturated heterocycles. The molecule has 35 heavy (non-hydrogen) atoms. The van der Waals surface area contributed by atoms with Crippen LogP contribution in [0, 0.1) is 13.8 Å². The smallest absolute Gasteiger partial charge is 0.262 e. The molecule has 0 spiro atoms. The van der Waals surface area contributed by atoms with Gasteiger partial charge in [-0.15, -0.1) is 11.3 Å². The maximum atomic E-state index is 12.9. The van der Waals surface area contributed by atoms with Gasteiger partial charge in [0.05, 0.1) is 28.8 Å². The van der Waals surface area contributed by atoms with Crippen LogP contribution in [0.15, 0.2) is 61.8 Å². The van der Waals surface area contributed by atoms with Crippen molar-refractivity contribution in [3.05, 3.63) is 69.1 Å². The Kier molecular flexibility index (Phi) is 6.03. The number of H-pyrrole nitrogens is 1. The number of thiophene rings is 1. The van der Waals surface area contributed by atoms with Crippen LogP contribution in [0.3, 0.4) is 0 Å². The molecule has 5 aromatic rings. The standard InChI is InChI=1S/C23H20N4O5S3/c1-12-13(2)34-22-20(12)21(28)25-19(26-22)11-33-23-24-16-10-14(8-9-18(16)32-23)35(29,30)27-15-6-4-5-7-17(15)31-3/h4-10,27H,11H2,1-3H3,(H,25,26,28). The molecule has 12 heteroatoms. The van der Waals surface area contributed by atoms with Gasteiger partial charge in [-0.25, -0.2) is 18.4 Å². The first-order chi connectivity index (χ1) is 16.7. The van der Waals surface area contributed by atoms with E-state index in [1.165, 1.54) is 42.3 Å². The number of aryl methyl sites for hydroxylation is 2. The van der Waals surface area contributed by atoms with Gasteiger partial charge in [0, 0.05) is 4.88 Å². The van der Waals surface area contributed by atoms with Crippen LogP contribution >= 0.6 is 23.1 Å². The molecule has 0 saturated carbocycles. The van der Waals surface area contributed by atoms with Gasteiger partial charge in [-0.05, 0) is 49.7 Å². The summed E-state index contributed by atoms with van der Waals surface area (Å²) < 4.78 is 39.4. The van der Waals surface area contributed by atoms with Crippen molar-refractivity contribution in [2.24, 2.45) is 0 Å². The van der Waals surface area contributed by atoms with Crippen molar-refractivity contribution < 1.29 is 17.6 Å². The summed E-state index contributed by atoms with van der Waals surface area (Å²) in [6, 6.07) is 11.2. The van der Waals surface area contributed by atoms with Crippen LogP contribution in [0.4, 0.5) is 5.69 Å². The number of anilines is 1. The number of methoxy groups -OCH3 is 1. The molecule has 2 N–H and O–H groups in total. The number of thioether (sulfide) groups is 1. The Balaban J connectivity index is 1.37. The summed E-state index contributed by atoms with van der Waals surface area (Å²) in [7, 11) is -2.41. The molecule has 0 aliphatic rings. The maximum absolute atomic E-state index is 12.9. The largest absolute Gasteiger partial charge is 0.495 e. The van der Waals surface area contributed by atoms with Crippen LogP contribution < -0.4 is 15.0 Å². The van der Waals surface area contributed by atoms with Crippen LogP contribution in [0.1, 0.15) is 16.3 Å².